The standard InChI is InChI=1S/C22H30N6O2/c1-4-27(5-2)15-9-14-23-17-18-12-13-20(21(16-18)29-3)30-22-24-25-26-28(22)19-10-7-6-8-11-19/h6-8,10-13,16,23H,4-5,9,14-15,17H2,1-3H3. The van der Waals surface area contributed by atoms with E-state index in [9.17, 15) is 0 Å². The molecule has 1 N–H and O–H groups in total. The fourth-order valence-electron chi connectivity index (χ4n) is 3.18. The predicted octanol–water partition coefficient (Wildman–Crippen LogP) is 3.28. The van der Waals surface area contributed by atoms with Crippen LogP contribution in [0.1, 0.15) is 25.8 Å². The molecule has 2 aromatic carbocycles. The first-order chi connectivity index (χ1) is 14.7. The van der Waals surface area contributed by atoms with Gasteiger partial charge in [0.15, 0.2) is 11.5 Å². The molecule has 0 amide bonds. The van der Waals surface area contributed by atoms with Gasteiger partial charge in [-0.15, -0.1) is 0 Å². The van der Waals surface area contributed by atoms with Gasteiger partial charge in [-0.2, -0.15) is 4.68 Å². The van der Waals surface area contributed by atoms with Crippen LogP contribution in [0.2, 0.25) is 0 Å². The summed E-state index contributed by atoms with van der Waals surface area (Å²) in [6, 6.07) is 15.8. The highest BCUT2D eigenvalue weighted by Gasteiger charge is 2.14. The second kappa shape index (κ2) is 11.3. The molecule has 0 unspecified atom stereocenters. The summed E-state index contributed by atoms with van der Waals surface area (Å²) in [6.07, 6.45) is 1.13. The number of nitrogens with one attached hydrogen (secondary N) is 1. The smallest absolute Gasteiger partial charge is 0.346 e. The van der Waals surface area contributed by atoms with Crippen molar-refractivity contribution in [1.29, 1.82) is 0 Å². The molecule has 1 heterocycles. The molecular formula is C22H30N6O2. The van der Waals surface area contributed by atoms with Crippen LogP contribution in [-0.2, 0) is 6.54 Å². The first-order valence-electron chi connectivity index (χ1n) is 10.4. The Hall–Kier alpha value is -2.97. The molecule has 0 bridgehead atoms. The summed E-state index contributed by atoms with van der Waals surface area (Å²) in [5, 5.41) is 15.2. The van der Waals surface area contributed by atoms with Crippen molar-refractivity contribution >= 4 is 0 Å². The normalized spacial score (nSPS) is 11.1. The van der Waals surface area contributed by atoms with Crippen LogP contribution >= 0.6 is 0 Å². The minimum Gasteiger partial charge on any atom is -0.493 e. The van der Waals surface area contributed by atoms with Crippen LogP contribution in [0.25, 0.3) is 5.69 Å². The largest absolute Gasteiger partial charge is 0.493 e. The Balaban J connectivity index is 1.60. The average molecular weight is 411 g/mol. The highest BCUT2D eigenvalue weighted by atomic mass is 16.5. The van der Waals surface area contributed by atoms with Crippen molar-refractivity contribution < 1.29 is 9.47 Å². The third-order valence-corrected chi connectivity index (χ3v) is 4.92. The van der Waals surface area contributed by atoms with E-state index in [1.165, 1.54) is 0 Å². The number of aromatic nitrogens is 4. The molecular weight excluding hydrogens is 380 g/mol. The molecule has 8 heteroatoms. The van der Waals surface area contributed by atoms with Gasteiger partial charge in [0.05, 0.1) is 12.8 Å². The molecule has 0 aliphatic heterocycles. The number of rotatable bonds is 12. The lowest BCUT2D eigenvalue weighted by Gasteiger charge is -2.17. The van der Waals surface area contributed by atoms with Crippen molar-refractivity contribution in [3.05, 3.63) is 54.1 Å². The Labute approximate surface area is 177 Å². The van der Waals surface area contributed by atoms with Crippen LogP contribution < -0.4 is 14.8 Å². The molecule has 0 radical (unpaired) electrons. The van der Waals surface area contributed by atoms with E-state index < -0.39 is 0 Å². The van der Waals surface area contributed by atoms with Crippen molar-refractivity contribution in [3.63, 3.8) is 0 Å². The number of tetrazole rings is 1. The highest BCUT2D eigenvalue weighted by molar-refractivity contribution is 5.44. The number of para-hydroxylation sites is 1. The summed E-state index contributed by atoms with van der Waals surface area (Å²) in [5.74, 6) is 1.20. The van der Waals surface area contributed by atoms with E-state index in [1.807, 2.05) is 48.5 Å². The van der Waals surface area contributed by atoms with E-state index in [1.54, 1.807) is 11.8 Å². The van der Waals surface area contributed by atoms with Crippen LogP contribution in [0.15, 0.2) is 48.5 Å². The van der Waals surface area contributed by atoms with Crippen molar-refractivity contribution in [2.24, 2.45) is 0 Å². The first kappa shape index (κ1) is 21.7. The van der Waals surface area contributed by atoms with E-state index in [2.05, 4.69) is 39.6 Å². The molecule has 3 aromatic rings. The number of benzene rings is 2. The number of hydrogen-bond acceptors (Lipinski definition) is 7. The van der Waals surface area contributed by atoms with Gasteiger partial charge in [0.2, 0.25) is 0 Å². The second-order valence-electron chi connectivity index (χ2n) is 6.85. The average Bonchev–Trinajstić information content (AvgIpc) is 3.26. The maximum absolute atomic E-state index is 5.95. The Kier molecular flexibility index (Phi) is 8.17. The third-order valence-electron chi connectivity index (χ3n) is 4.92. The van der Waals surface area contributed by atoms with Crippen LogP contribution in [0, 0.1) is 0 Å². The Morgan fingerprint density at radius 1 is 1.03 bits per heavy atom. The van der Waals surface area contributed by atoms with E-state index >= 15 is 0 Å². The summed E-state index contributed by atoms with van der Waals surface area (Å²) in [4.78, 5) is 2.43. The van der Waals surface area contributed by atoms with Crippen LogP contribution in [0.4, 0.5) is 0 Å². The summed E-state index contributed by atoms with van der Waals surface area (Å²) in [7, 11) is 1.63. The van der Waals surface area contributed by atoms with Crippen molar-refractivity contribution in [1.82, 2.24) is 30.4 Å². The van der Waals surface area contributed by atoms with Crippen molar-refractivity contribution in [3.8, 4) is 23.2 Å². The van der Waals surface area contributed by atoms with Gasteiger partial charge in [-0.25, -0.2) is 0 Å². The molecule has 0 aliphatic carbocycles. The lowest BCUT2D eigenvalue weighted by molar-refractivity contribution is 0.298. The van der Waals surface area contributed by atoms with Gasteiger partial charge < -0.3 is 19.7 Å². The number of methoxy groups -OCH3 is 1. The fraction of sp³-hybridized carbons (Fsp3) is 0.409. The zero-order valence-electron chi connectivity index (χ0n) is 17.9. The molecule has 0 fully saturated rings. The quantitative estimate of drug-likeness (QED) is 0.459. The fourth-order valence-corrected chi connectivity index (χ4v) is 3.18. The Bertz CT molecular complexity index is 896. The zero-order chi connectivity index (χ0) is 21.2. The lowest BCUT2D eigenvalue weighted by Crippen LogP contribution is -2.27. The van der Waals surface area contributed by atoms with Crippen molar-refractivity contribution in [2.45, 2.75) is 26.8 Å². The van der Waals surface area contributed by atoms with Crippen molar-refractivity contribution in [2.75, 3.05) is 33.3 Å². The number of hydrogen-bond donors (Lipinski definition) is 1. The maximum Gasteiger partial charge on any atom is 0.346 e. The van der Waals surface area contributed by atoms with Crippen LogP contribution in [-0.4, -0.2) is 58.4 Å². The minimum atomic E-state index is 0.279. The molecule has 8 nitrogen and oxygen atoms in total. The van der Waals surface area contributed by atoms with Gasteiger partial charge >= 0.3 is 6.01 Å². The van der Waals surface area contributed by atoms with E-state index in [4.69, 9.17) is 9.47 Å². The van der Waals surface area contributed by atoms with Gasteiger partial charge in [0.1, 0.15) is 0 Å². The lowest BCUT2D eigenvalue weighted by atomic mass is 10.2. The molecule has 0 aliphatic rings. The van der Waals surface area contributed by atoms with Gasteiger partial charge in [0.25, 0.3) is 0 Å². The molecule has 30 heavy (non-hydrogen) atoms. The van der Waals surface area contributed by atoms with E-state index in [0.29, 0.717) is 11.5 Å². The molecule has 1 aromatic heterocycles. The van der Waals surface area contributed by atoms with Gasteiger partial charge in [-0.05, 0) is 72.9 Å². The summed E-state index contributed by atoms with van der Waals surface area (Å²) >= 11 is 0. The maximum atomic E-state index is 5.95. The summed E-state index contributed by atoms with van der Waals surface area (Å²) < 4.78 is 13.0. The summed E-state index contributed by atoms with van der Waals surface area (Å²) in [6.45, 7) is 9.47. The van der Waals surface area contributed by atoms with E-state index in [-0.39, 0.29) is 6.01 Å². The first-order valence-corrected chi connectivity index (χ1v) is 10.4. The van der Waals surface area contributed by atoms with Gasteiger partial charge in [-0.3, -0.25) is 0 Å². The van der Waals surface area contributed by atoms with Crippen LogP contribution in [0.5, 0.6) is 17.5 Å². The number of nitrogens with zero attached hydrogens (tertiary/aromatic N) is 5. The molecule has 3 rings (SSSR count). The molecule has 0 atom stereocenters. The molecule has 0 spiro atoms. The van der Waals surface area contributed by atoms with Gasteiger partial charge in [0, 0.05) is 6.54 Å². The highest BCUT2D eigenvalue weighted by Crippen LogP contribution is 2.32. The van der Waals surface area contributed by atoms with E-state index in [0.717, 1.165) is 50.4 Å². The van der Waals surface area contributed by atoms with Gasteiger partial charge in [-0.1, -0.05) is 43.2 Å². The minimum absolute atomic E-state index is 0.279. The second-order valence-corrected chi connectivity index (χ2v) is 6.85. The molecule has 160 valence electrons. The predicted molar refractivity (Wildman–Crippen MR) is 116 cm³/mol. The topological polar surface area (TPSA) is 77.3 Å². The number of ether oxygens (including phenoxy) is 2. The zero-order valence-corrected chi connectivity index (χ0v) is 17.9. The molecule has 0 saturated heterocycles. The third kappa shape index (κ3) is 5.77. The Morgan fingerprint density at radius 2 is 1.83 bits per heavy atom. The summed E-state index contributed by atoms with van der Waals surface area (Å²) in [5.41, 5.74) is 1.95. The molecule has 0 saturated carbocycles. The van der Waals surface area contributed by atoms with Crippen LogP contribution in [0.3, 0.4) is 0 Å². The Morgan fingerprint density at radius 3 is 2.57 bits per heavy atom. The SMILES string of the molecule is CCN(CC)CCCNCc1ccc(Oc2nnnn2-c2ccccc2)c(OC)c1. The monoisotopic (exact) mass is 410 g/mol.